The summed E-state index contributed by atoms with van der Waals surface area (Å²) < 4.78 is 21.3. The van der Waals surface area contributed by atoms with Crippen LogP contribution in [0.15, 0.2) is 24.8 Å². The number of rotatable bonds is 3. The topological polar surface area (TPSA) is 43.2 Å². The molecular formula is C14H16FN3O. The summed E-state index contributed by atoms with van der Waals surface area (Å²) in [6.07, 6.45) is 3.19. The first-order valence-corrected chi connectivity index (χ1v) is 6.30. The van der Waals surface area contributed by atoms with Gasteiger partial charge >= 0.3 is 0 Å². The molecule has 2 aromatic rings. The van der Waals surface area contributed by atoms with Gasteiger partial charge in [-0.3, -0.25) is 0 Å². The Morgan fingerprint density at radius 1 is 1.37 bits per heavy atom. The first kappa shape index (κ1) is 12.3. The fraction of sp³-hybridized carbons (Fsp3) is 0.429. The number of ether oxygens (including phenoxy) is 1. The van der Waals surface area contributed by atoms with Crippen molar-refractivity contribution in [2.24, 2.45) is 0 Å². The molecule has 0 bridgehead atoms. The number of halogens is 1. The Bertz CT molecular complexity index is 611. The van der Waals surface area contributed by atoms with E-state index in [0.717, 1.165) is 11.1 Å². The lowest BCUT2D eigenvalue weighted by Crippen LogP contribution is -2.22. The van der Waals surface area contributed by atoms with Crippen molar-refractivity contribution in [3.05, 3.63) is 47.3 Å². The Balaban J connectivity index is 2.01. The highest BCUT2D eigenvalue weighted by Crippen LogP contribution is 2.48. The lowest BCUT2D eigenvalue weighted by molar-refractivity contribution is 0.262. The summed E-state index contributed by atoms with van der Waals surface area (Å²) in [6, 6.07) is 3.45. The highest BCUT2D eigenvalue weighted by Gasteiger charge is 2.56. The number of aryl methyl sites for hydroxylation is 2. The van der Waals surface area contributed by atoms with Gasteiger partial charge in [0, 0.05) is 0 Å². The normalized spacial score (nSPS) is 25.6. The van der Waals surface area contributed by atoms with Crippen molar-refractivity contribution in [2.45, 2.75) is 39.0 Å². The number of hydrogen-bond acceptors (Lipinski definition) is 3. The maximum absolute atomic E-state index is 13.8. The van der Waals surface area contributed by atoms with E-state index < -0.39 is 5.60 Å². The first-order valence-electron chi connectivity index (χ1n) is 6.30. The van der Waals surface area contributed by atoms with Crippen LogP contribution in [-0.4, -0.2) is 20.9 Å². The van der Waals surface area contributed by atoms with Crippen LogP contribution in [0.4, 0.5) is 4.39 Å². The van der Waals surface area contributed by atoms with E-state index in [1.54, 1.807) is 24.0 Å². The average molecular weight is 261 g/mol. The van der Waals surface area contributed by atoms with Gasteiger partial charge in [-0.25, -0.2) is 14.1 Å². The second-order valence-electron chi connectivity index (χ2n) is 5.16. The summed E-state index contributed by atoms with van der Waals surface area (Å²) in [4.78, 5) is 3.93. The summed E-state index contributed by atoms with van der Waals surface area (Å²) in [6.45, 7) is 6.30. The van der Waals surface area contributed by atoms with E-state index in [0.29, 0.717) is 12.1 Å². The Morgan fingerprint density at radius 3 is 2.68 bits per heavy atom. The third-order valence-corrected chi connectivity index (χ3v) is 3.81. The summed E-state index contributed by atoms with van der Waals surface area (Å²) >= 11 is 0. The quantitative estimate of drug-likeness (QED) is 0.796. The largest absolute Gasteiger partial charge is 0.359 e. The standard InChI is InChI=1S/C14H16FN3O/c1-9-4-10(2)13(15)5-12(9)14(11(3)19-14)6-18-8-16-7-17-18/h4-5,7-8,11H,6H2,1-3H3/t11?,14-/m1/s1. The van der Waals surface area contributed by atoms with Crippen molar-refractivity contribution in [2.75, 3.05) is 0 Å². The van der Waals surface area contributed by atoms with Crippen LogP contribution in [0.2, 0.25) is 0 Å². The predicted octanol–water partition coefficient (Wildman–Crippen LogP) is 2.35. The Labute approximate surface area is 111 Å². The van der Waals surface area contributed by atoms with E-state index in [2.05, 4.69) is 10.1 Å². The lowest BCUT2D eigenvalue weighted by Gasteiger charge is -2.16. The maximum atomic E-state index is 13.8. The smallest absolute Gasteiger partial charge is 0.139 e. The Kier molecular flexibility index (Phi) is 2.67. The van der Waals surface area contributed by atoms with Gasteiger partial charge in [0.15, 0.2) is 0 Å². The van der Waals surface area contributed by atoms with Crippen molar-refractivity contribution in [1.82, 2.24) is 14.8 Å². The van der Waals surface area contributed by atoms with Crippen LogP contribution in [-0.2, 0) is 16.9 Å². The minimum absolute atomic E-state index is 0.0532. The number of benzene rings is 1. The molecule has 1 aromatic carbocycles. The van der Waals surface area contributed by atoms with Crippen LogP contribution < -0.4 is 0 Å². The molecule has 0 saturated carbocycles. The van der Waals surface area contributed by atoms with Gasteiger partial charge in [-0.1, -0.05) is 6.07 Å². The van der Waals surface area contributed by atoms with Crippen LogP contribution in [0.1, 0.15) is 23.6 Å². The molecule has 1 unspecified atom stereocenters. The minimum atomic E-state index is -0.480. The fourth-order valence-corrected chi connectivity index (χ4v) is 2.65. The van der Waals surface area contributed by atoms with Crippen LogP contribution in [0.3, 0.4) is 0 Å². The zero-order valence-electron chi connectivity index (χ0n) is 11.2. The molecule has 2 atom stereocenters. The second kappa shape index (κ2) is 4.13. The molecule has 0 N–H and O–H groups in total. The van der Waals surface area contributed by atoms with Crippen molar-refractivity contribution in [3.63, 3.8) is 0 Å². The molecule has 1 aromatic heterocycles. The van der Waals surface area contributed by atoms with Crippen molar-refractivity contribution >= 4 is 0 Å². The molecule has 1 fully saturated rings. The molecule has 3 rings (SSSR count). The van der Waals surface area contributed by atoms with E-state index in [-0.39, 0.29) is 11.9 Å². The maximum Gasteiger partial charge on any atom is 0.139 e. The van der Waals surface area contributed by atoms with Crippen LogP contribution in [0.25, 0.3) is 0 Å². The van der Waals surface area contributed by atoms with Gasteiger partial charge < -0.3 is 4.74 Å². The zero-order chi connectivity index (χ0) is 13.6. The monoisotopic (exact) mass is 261 g/mol. The predicted molar refractivity (Wildman–Crippen MR) is 68.1 cm³/mol. The summed E-state index contributed by atoms with van der Waals surface area (Å²) in [5.74, 6) is -0.193. The molecule has 1 aliphatic heterocycles. The molecule has 4 nitrogen and oxygen atoms in total. The van der Waals surface area contributed by atoms with Crippen LogP contribution >= 0.6 is 0 Å². The van der Waals surface area contributed by atoms with Crippen molar-refractivity contribution in [3.8, 4) is 0 Å². The minimum Gasteiger partial charge on any atom is -0.359 e. The summed E-state index contributed by atoms with van der Waals surface area (Å²) in [5, 5.41) is 4.10. The molecule has 0 amide bonds. The van der Waals surface area contributed by atoms with Gasteiger partial charge in [0.2, 0.25) is 0 Å². The molecule has 5 heteroatoms. The van der Waals surface area contributed by atoms with E-state index in [4.69, 9.17) is 4.74 Å². The van der Waals surface area contributed by atoms with E-state index >= 15 is 0 Å². The van der Waals surface area contributed by atoms with Gasteiger partial charge in [-0.15, -0.1) is 0 Å². The van der Waals surface area contributed by atoms with E-state index in [9.17, 15) is 4.39 Å². The third-order valence-electron chi connectivity index (χ3n) is 3.81. The Hall–Kier alpha value is -1.75. The average Bonchev–Trinajstić information content (AvgIpc) is 2.76. The van der Waals surface area contributed by atoms with Crippen LogP contribution in [0, 0.1) is 19.7 Å². The lowest BCUT2D eigenvalue weighted by atomic mass is 9.90. The third kappa shape index (κ3) is 1.94. The fourth-order valence-electron chi connectivity index (χ4n) is 2.65. The molecule has 0 aliphatic carbocycles. The van der Waals surface area contributed by atoms with E-state index in [1.807, 2.05) is 19.9 Å². The number of epoxide rings is 1. The summed E-state index contributed by atoms with van der Waals surface area (Å²) in [7, 11) is 0. The highest BCUT2D eigenvalue weighted by molar-refractivity contribution is 5.39. The van der Waals surface area contributed by atoms with Gasteiger partial charge in [0.1, 0.15) is 24.1 Å². The van der Waals surface area contributed by atoms with Crippen molar-refractivity contribution in [1.29, 1.82) is 0 Å². The molecule has 100 valence electrons. The first-order chi connectivity index (χ1) is 9.03. The Morgan fingerprint density at radius 2 is 2.11 bits per heavy atom. The molecule has 1 aliphatic rings. The summed E-state index contributed by atoms with van der Waals surface area (Å²) in [5.41, 5.74) is 2.12. The second-order valence-corrected chi connectivity index (χ2v) is 5.16. The van der Waals surface area contributed by atoms with Gasteiger partial charge in [0.05, 0.1) is 12.6 Å². The van der Waals surface area contributed by atoms with E-state index in [1.165, 1.54) is 6.33 Å². The van der Waals surface area contributed by atoms with Gasteiger partial charge in [-0.05, 0) is 43.5 Å². The van der Waals surface area contributed by atoms with Crippen LogP contribution in [0.5, 0.6) is 0 Å². The van der Waals surface area contributed by atoms with Crippen molar-refractivity contribution < 1.29 is 9.13 Å². The highest BCUT2D eigenvalue weighted by atomic mass is 19.1. The molecule has 19 heavy (non-hydrogen) atoms. The zero-order valence-corrected chi connectivity index (χ0v) is 11.2. The van der Waals surface area contributed by atoms with Gasteiger partial charge in [-0.2, -0.15) is 5.10 Å². The molecule has 1 saturated heterocycles. The molecular weight excluding hydrogens is 245 g/mol. The molecule has 0 spiro atoms. The SMILES string of the molecule is Cc1cc(C)c([C@]2(Cn3cncn3)OC2C)cc1F. The number of hydrogen-bond donors (Lipinski definition) is 0. The molecule has 0 radical (unpaired) electrons. The molecule has 2 heterocycles. The number of nitrogens with zero attached hydrogens (tertiary/aromatic N) is 3. The number of aromatic nitrogens is 3. The van der Waals surface area contributed by atoms with Gasteiger partial charge in [0.25, 0.3) is 0 Å².